The maximum atomic E-state index is 13.0. The number of fused-ring (bicyclic) bond motifs is 3. The third-order valence-electron chi connectivity index (χ3n) is 4.93. The van der Waals surface area contributed by atoms with Crippen molar-refractivity contribution in [1.29, 1.82) is 0 Å². The number of carbonyl (C=O) groups is 1. The summed E-state index contributed by atoms with van der Waals surface area (Å²) in [6, 6.07) is 2.85. The largest absolute Gasteiger partial charge is 0.416 e. The molecule has 0 aliphatic heterocycles. The molecule has 1 aliphatic rings. The van der Waals surface area contributed by atoms with Gasteiger partial charge in [-0.2, -0.15) is 13.2 Å². The van der Waals surface area contributed by atoms with Crippen LogP contribution in [0.3, 0.4) is 0 Å². The van der Waals surface area contributed by atoms with Crippen LogP contribution in [0.1, 0.15) is 35.8 Å². The number of anilines is 1. The van der Waals surface area contributed by atoms with Crippen LogP contribution < -0.4 is 5.32 Å². The number of amides is 1. The number of thioether (sulfide) groups is 1. The van der Waals surface area contributed by atoms with Gasteiger partial charge in [-0.3, -0.25) is 4.79 Å². The van der Waals surface area contributed by atoms with Gasteiger partial charge in [-0.05, 0) is 56.4 Å². The number of thiophene rings is 1. The normalized spacial score (nSPS) is 15.1. The molecule has 1 aromatic carbocycles. The summed E-state index contributed by atoms with van der Waals surface area (Å²) < 4.78 is 38.9. The molecule has 3 aromatic rings. The summed E-state index contributed by atoms with van der Waals surface area (Å²) in [6.07, 6.45) is 1.24. The first-order valence-corrected chi connectivity index (χ1v) is 11.4. The molecular formula is C20H17ClF3N3OS2. The number of carbonyl (C=O) groups excluding carboxylic acids is 1. The Morgan fingerprint density at radius 1 is 1.27 bits per heavy atom. The van der Waals surface area contributed by atoms with Crippen molar-refractivity contribution in [3.05, 3.63) is 45.6 Å². The average Bonchev–Trinajstić information content (AvgIpc) is 3.08. The van der Waals surface area contributed by atoms with Gasteiger partial charge in [0, 0.05) is 10.3 Å². The Bertz CT molecular complexity index is 1120. The lowest BCUT2D eigenvalue weighted by Gasteiger charge is -2.15. The predicted molar refractivity (Wildman–Crippen MR) is 114 cm³/mol. The maximum absolute atomic E-state index is 13.0. The molecule has 0 saturated carbocycles. The zero-order valence-corrected chi connectivity index (χ0v) is 18.2. The Morgan fingerprint density at radius 3 is 2.80 bits per heavy atom. The molecule has 2 heterocycles. The topological polar surface area (TPSA) is 54.9 Å². The summed E-state index contributed by atoms with van der Waals surface area (Å²) in [5.74, 6) is -0.447. The highest BCUT2D eigenvalue weighted by molar-refractivity contribution is 8.00. The van der Waals surface area contributed by atoms with Gasteiger partial charge in [0.05, 0.1) is 21.5 Å². The van der Waals surface area contributed by atoms with Gasteiger partial charge in [-0.15, -0.1) is 11.3 Å². The predicted octanol–water partition coefficient (Wildman–Crippen LogP) is 6.36. The third-order valence-corrected chi connectivity index (χ3v) is 7.56. The van der Waals surface area contributed by atoms with E-state index in [9.17, 15) is 18.0 Å². The molecule has 0 bridgehead atoms. The van der Waals surface area contributed by atoms with Crippen LogP contribution in [0.15, 0.2) is 29.6 Å². The van der Waals surface area contributed by atoms with Crippen molar-refractivity contribution in [2.24, 2.45) is 0 Å². The van der Waals surface area contributed by atoms with Gasteiger partial charge in [-0.1, -0.05) is 23.4 Å². The van der Waals surface area contributed by atoms with Crippen LogP contribution in [-0.4, -0.2) is 21.1 Å². The van der Waals surface area contributed by atoms with Crippen molar-refractivity contribution in [1.82, 2.24) is 9.97 Å². The minimum Gasteiger partial charge on any atom is -0.324 e. The molecule has 1 aliphatic carbocycles. The minimum absolute atomic E-state index is 0.0462. The molecule has 10 heteroatoms. The molecular weight excluding hydrogens is 455 g/mol. The van der Waals surface area contributed by atoms with E-state index in [1.54, 1.807) is 18.3 Å². The van der Waals surface area contributed by atoms with Crippen LogP contribution in [0.25, 0.3) is 10.2 Å². The monoisotopic (exact) mass is 471 g/mol. The highest BCUT2D eigenvalue weighted by atomic mass is 35.5. The maximum Gasteiger partial charge on any atom is 0.416 e. The number of benzene rings is 1. The zero-order chi connectivity index (χ0) is 21.5. The van der Waals surface area contributed by atoms with E-state index in [2.05, 4.69) is 15.3 Å². The molecule has 0 fully saturated rings. The number of alkyl halides is 3. The van der Waals surface area contributed by atoms with Crippen molar-refractivity contribution >= 4 is 56.5 Å². The number of aryl methyl sites for hydroxylation is 2. The minimum atomic E-state index is -4.52. The zero-order valence-electron chi connectivity index (χ0n) is 15.8. The number of hydrogen-bond acceptors (Lipinski definition) is 5. The van der Waals surface area contributed by atoms with Gasteiger partial charge in [0.15, 0.2) is 0 Å². The molecule has 2 aromatic heterocycles. The molecule has 1 amide bonds. The van der Waals surface area contributed by atoms with Gasteiger partial charge in [-0.25, -0.2) is 9.97 Å². The van der Waals surface area contributed by atoms with Crippen LogP contribution in [-0.2, 0) is 23.8 Å². The van der Waals surface area contributed by atoms with E-state index < -0.39 is 22.9 Å². The number of halogens is 4. The lowest BCUT2D eigenvalue weighted by Crippen LogP contribution is -2.23. The summed E-state index contributed by atoms with van der Waals surface area (Å²) in [5, 5.41) is 3.69. The number of nitrogens with zero attached hydrogens (tertiary/aromatic N) is 2. The molecule has 1 unspecified atom stereocenters. The summed E-state index contributed by atoms with van der Waals surface area (Å²) in [6.45, 7) is 1.69. The van der Waals surface area contributed by atoms with E-state index in [0.717, 1.165) is 59.1 Å². The average molecular weight is 472 g/mol. The van der Waals surface area contributed by atoms with Crippen molar-refractivity contribution in [3.8, 4) is 0 Å². The molecule has 0 spiro atoms. The molecule has 4 rings (SSSR count). The van der Waals surface area contributed by atoms with Gasteiger partial charge in [0.2, 0.25) is 5.91 Å². The lowest BCUT2D eigenvalue weighted by molar-refractivity contribution is -0.137. The van der Waals surface area contributed by atoms with Crippen molar-refractivity contribution < 1.29 is 18.0 Å². The van der Waals surface area contributed by atoms with E-state index in [0.29, 0.717) is 0 Å². The van der Waals surface area contributed by atoms with E-state index in [4.69, 9.17) is 11.6 Å². The lowest BCUT2D eigenvalue weighted by atomic mass is 9.97. The van der Waals surface area contributed by atoms with Crippen LogP contribution in [0.2, 0.25) is 5.02 Å². The smallest absolute Gasteiger partial charge is 0.324 e. The summed E-state index contributed by atoms with van der Waals surface area (Å²) in [7, 11) is 0. The first kappa shape index (κ1) is 21.4. The Balaban J connectivity index is 1.56. The number of nitrogens with one attached hydrogen (secondary N) is 1. The highest BCUT2D eigenvalue weighted by Gasteiger charge is 2.31. The molecule has 4 nitrogen and oxygen atoms in total. The highest BCUT2D eigenvalue weighted by Crippen LogP contribution is 2.40. The van der Waals surface area contributed by atoms with Gasteiger partial charge in [0.25, 0.3) is 0 Å². The standard InChI is InChI=1S/C20H17ClF3N3OS2/c1-10(17(28)27-14-8-11(20(22,23)24)6-7-13(14)21)29-18-16-12-4-2-3-5-15(12)30-19(16)26-9-25-18/h6-10H,2-5H2,1H3,(H,27,28). The Hall–Kier alpha value is -1.84. The van der Waals surface area contributed by atoms with E-state index >= 15 is 0 Å². The van der Waals surface area contributed by atoms with E-state index in [1.165, 1.54) is 28.5 Å². The molecule has 0 radical (unpaired) electrons. The fourth-order valence-electron chi connectivity index (χ4n) is 3.40. The fourth-order valence-corrected chi connectivity index (χ4v) is 5.81. The first-order chi connectivity index (χ1) is 14.2. The second kappa shape index (κ2) is 8.36. The molecule has 1 atom stereocenters. The van der Waals surface area contributed by atoms with Crippen LogP contribution in [0, 0.1) is 0 Å². The number of aromatic nitrogens is 2. The Kier molecular flexibility index (Phi) is 5.96. The van der Waals surface area contributed by atoms with Crippen LogP contribution >= 0.6 is 34.7 Å². The summed E-state index contributed by atoms with van der Waals surface area (Å²) >= 11 is 8.93. The van der Waals surface area contributed by atoms with Gasteiger partial charge >= 0.3 is 6.18 Å². The quantitative estimate of drug-likeness (QED) is 0.355. The number of hydrogen-bond donors (Lipinski definition) is 1. The molecule has 158 valence electrons. The summed E-state index contributed by atoms with van der Waals surface area (Å²) in [5.41, 5.74) is 0.326. The van der Waals surface area contributed by atoms with Gasteiger partial charge < -0.3 is 5.32 Å². The molecule has 30 heavy (non-hydrogen) atoms. The van der Waals surface area contributed by atoms with Crippen molar-refractivity contribution in [2.45, 2.75) is 49.1 Å². The Morgan fingerprint density at radius 2 is 2.03 bits per heavy atom. The van der Waals surface area contributed by atoms with Crippen LogP contribution in [0.5, 0.6) is 0 Å². The van der Waals surface area contributed by atoms with Crippen LogP contribution in [0.4, 0.5) is 18.9 Å². The second-order valence-electron chi connectivity index (χ2n) is 7.01. The molecule has 0 saturated heterocycles. The summed E-state index contributed by atoms with van der Waals surface area (Å²) in [4.78, 5) is 23.7. The molecule has 1 N–H and O–H groups in total. The fraction of sp³-hybridized carbons (Fsp3) is 0.350. The van der Waals surface area contributed by atoms with E-state index in [1.807, 2.05) is 0 Å². The first-order valence-electron chi connectivity index (χ1n) is 9.33. The number of rotatable bonds is 4. The Labute approximate surface area is 184 Å². The van der Waals surface area contributed by atoms with Crippen molar-refractivity contribution in [2.75, 3.05) is 5.32 Å². The van der Waals surface area contributed by atoms with Crippen molar-refractivity contribution in [3.63, 3.8) is 0 Å². The SMILES string of the molecule is CC(Sc1ncnc2sc3c(c12)CCCC3)C(=O)Nc1cc(C(F)(F)F)ccc1Cl. The van der Waals surface area contributed by atoms with Gasteiger partial charge in [0.1, 0.15) is 16.2 Å². The second-order valence-corrected chi connectivity index (χ2v) is 9.83. The van der Waals surface area contributed by atoms with E-state index in [-0.39, 0.29) is 10.7 Å². The third kappa shape index (κ3) is 4.29.